The van der Waals surface area contributed by atoms with E-state index in [1.165, 1.54) is 6.07 Å². The van der Waals surface area contributed by atoms with Crippen molar-refractivity contribution in [2.45, 2.75) is 0 Å². The number of pyridine rings is 1. The number of primary amides is 1. The first-order valence-corrected chi connectivity index (χ1v) is 6.36. The Morgan fingerprint density at radius 2 is 1.64 bits per heavy atom. The van der Waals surface area contributed by atoms with Crippen molar-refractivity contribution in [1.82, 2.24) is 4.98 Å². The molecule has 0 aliphatic heterocycles. The number of nitro groups is 2. The molecule has 1 aromatic heterocycles. The maximum absolute atomic E-state index is 11.5. The predicted octanol–water partition coefficient (Wildman–Crippen LogP) is 1.93. The molecule has 2 N–H and O–H groups in total. The molecular formula is C13H8N4O8. The van der Waals surface area contributed by atoms with Gasteiger partial charge < -0.3 is 15.2 Å². The highest BCUT2D eigenvalue weighted by Crippen LogP contribution is 2.32. The zero-order chi connectivity index (χ0) is 18.6. The van der Waals surface area contributed by atoms with Crippen LogP contribution in [-0.2, 0) is 4.74 Å². The summed E-state index contributed by atoms with van der Waals surface area (Å²) in [5.41, 5.74) is 2.96. The Hall–Kier alpha value is -4.09. The van der Waals surface area contributed by atoms with Gasteiger partial charge in [-0.3, -0.25) is 20.2 Å². The smallest absolute Gasteiger partial charge is 0.412 e. The van der Waals surface area contributed by atoms with Crippen molar-refractivity contribution in [3.05, 3.63) is 62.5 Å². The number of hydrogen-bond acceptors (Lipinski definition) is 9. The summed E-state index contributed by atoms with van der Waals surface area (Å²) in [7, 11) is 0. The molecule has 0 saturated heterocycles. The first kappa shape index (κ1) is 17.3. The van der Waals surface area contributed by atoms with E-state index >= 15 is 0 Å². The Balaban J connectivity index is 2.29. The lowest BCUT2D eigenvalue weighted by Gasteiger charge is -2.06. The van der Waals surface area contributed by atoms with Gasteiger partial charge >= 0.3 is 23.4 Å². The summed E-state index contributed by atoms with van der Waals surface area (Å²) in [5.74, 6) is -1.18. The highest BCUT2D eigenvalue weighted by Gasteiger charge is 2.24. The largest absolute Gasteiger partial charge is 0.457 e. The van der Waals surface area contributed by atoms with Gasteiger partial charge in [0, 0.05) is 18.3 Å². The van der Waals surface area contributed by atoms with Crippen molar-refractivity contribution in [2.75, 3.05) is 0 Å². The van der Waals surface area contributed by atoms with E-state index in [1.807, 2.05) is 0 Å². The molecule has 0 unspecified atom stereocenters. The molecule has 2 rings (SSSR count). The maximum atomic E-state index is 11.5. The van der Waals surface area contributed by atoms with Crippen molar-refractivity contribution >= 4 is 23.4 Å². The summed E-state index contributed by atoms with van der Waals surface area (Å²) in [6.07, 6.45) is -0.156. The third-order valence-electron chi connectivity index (χ3n) is 2.71. The second kappa shape index (κ2) is 6.99. The van der Waals surface area contributed by atoms with Crippen LogP contribution in [0.4, 0.5) is 16.2 Å². The lowest BCUT2D eigenvalue weighted by Crippen LogP contribution is -2.19. The van der Waals surface area contributed by atoms with E-state index in [2.05, 4.69) is 9.72 Å². The monoisotopic (exact) mass is 348 g/mol. The highest BCUT2D eigenvalue weighted by atomic mass is 16.6. The molecule has 1 heterocycles. The van der Waals surface area contributed by atoms with Crippen LogP contribution < -0.4 is 10.5 Å². The number of rotatable bonds is 5. The Kier molecular flexibility index (Phi) is 4.83. The third kappa shape index (κ3) is 4.22. The van der Waals surface area contributed by atoms with Gasteiger partial charge in [0.2, 0.25) is 0 Å². The normalized spacial score (nSPS) is 9.92. The number of carbonyl (C=O) groups excluding carboxylic acids is 2. The van der Waals surface area contributed by atoms with E-state index in [4.69, 9.17) is 10.5 Å². The lowest BCUT2D eigenvalue weighted by molar-refractivity contribution is -0.422. The van der Waals surface area contributed by atoms with Gasteiger partial charge in [0.15, 0.2) is 5.69 Å². The minimum Gasteiger partial charge on any atom is -0.457 e. The number of amides is 1. The molecule has 12 heteroatoms. The Labute approximate surface area is 138 Å². The molecule has 25 heavy (non-hydrogen) atoms. The van der Waals surface area contributed by atoms with Crippen molar-refractivity contribution < 1.29 is 28.9 Å². The minimum atomic E-state index is -1.32. The van der Waals surface area contributed by atoms with Gasteiger partial charge in [-0.15, -0.1) is 0 Å². The quantitative estimate of drug-likeness (QED) is 0.365. The van der Waals surface area contributed by atoms with Gasteiger partial charge in [-0.05, 0) is 12.1 Å². The fourth-order valence-corrected chi connectivity index (χ4v) is 1.73. The van der Waals surface area contributed by atoms with E-state index in [0.717, 1.165) is 30.5 Å². The molecule has 0 saturated carbocycles. The minimum absolute atomic E-state index is 0.0228. The number of carbonyl (C=O) groups is 2. The van der Waals surface area contributed by atoms with Gasteiger partial charge in [0.25, 0.3) is 0 Å². The topological polar surface area (TPSA) is 178 Å². The molecular weight excluding hydrogens is 340 g/mol. The number of ether oxygens (including phenoxy) is 2. The average Bonchev–Trinajstić information content (AvgIpc) is 2.54. The summed E-state index contributed by atoms with van der Waals surface area (Å²) < 4.78 is 9.46. The van der Waals surface area contributed by atoms with Crippen LogP contribution in [0.3, 0.4) is 0 Å². The highest BCUT2D eigenvalue weighted by molar-refractivity contribution is 5.94. The van der Waals surface area contributed by atoms with Gasteiger partial charge in [-0.2, -0.15) is 0 Å². The number of nitro benzene ring substituents is 2. The van der Waals surface area contributed by atoms with Crippen LogP contribution in [-0.4, -0.2) is 26.9 Å². The fraction of sp³-hybridized carbons (Fsp3) is 0. The number of hydrogen-bond donors (Lipinski definition) is 1. The lowest BCUT2D eigenvalue weighted by atomic mass is 10.2. The zero-order valence-electron chi connectivity index (χ0n) is 12.1. The number of nitrogens with two attached hydrogens (primary N) is 1. The predicted molar refractivity (Wildman–Crippen MR) is 79.1 cm³/mol. The van der Waals surface area contributed by atoms with E-state index in [-0.39, 0.29) is 17.2 Å². The van der Waals surface area contributed by atoms with E-state index < -0.39 is 33.3 Å². The molecule has 0 bridgehead atoms. The molecule has 2 aromatic rings. The number of aromatic nitrogens is 1. The first-order chi connectivity index (χ1) is 11.8. The van der Waals surface area contributed by atoms with Gasteiger partial charge in [0.1, 0.15) is 11.5 Å². The second-order valence-electron chi connectivity index (χ2n) is 4.35. The Morgan fingerprint density at radius 3 is 2.24 bits per heavy atom. The van der Waals surface area contributed by atoms with Gasteiger partial charge in [-0.1, -0.05) is 0 Å². The van der Waals surface area contributed by atoms with Gasteiger partial charge in [-0.25, -0.2) is 14.6 Å². The van der Waals surface area contributed by atoms with Crippen LogP contribution in [0, 0.1) is 20.2 Å². The number of benzene rings is 1. The van der Waals surface area contributed by atoms with Crippen molar-refractivity contribution in [3.8, 4) is 11.5 Å². The average molecular weight is 348 g/mol. The molecule has 0 fully saturated rings. The summed E-state index contributed by atoms with van der Waals surface area (Å²) in [6, 6.07) is 5.33. The molecule has 1 aromatic carbocycles. The van der Waals surface area contributed by atoms with E-state index in [9.17, 15) is 29.8 Å². The molecule has 0 aliphatic rings. The Morgan fingerprint density at radius 1 is 1.00 bits per heavy atom. The van der Waals surface area contributed by atoms with Crippen LogP contribution >= 0.6 is 0 Å². The molecule has 0 aliphatic carbocycles. The maximum Gasteiger partial charge on any atom is 0.412 e. The third-order valence-corrected chi connectivity index (χ3v) is 2.71. The zero-order valence-corrected chi connectivity index (χ0v) is 12.1. The van der Waals surface area contributed by atoms with E-state index in [1.54, 1.807) is 0 Å². The molecule has 12 nitrogen and oxygen atoms in total. The fourth-order valence-electron chi connectivity index (χ4n) is 1.73. The van der Waals surface area contributed by atoms with Crippen LogP contribution in [0.2, 0.25) is 0 Å². The van der Waals surface area contributed by atoms with Crippen LogP contribution in [0.25, 0.3) is 0 Å². The van der Waals surface area contributed by atoms with Crippen molar-refractivity contribution in [3.63, 3.8) is 0 Å². The number of esters is 1. The molecule has 0 radical (unpaired) electrons. The van der Waals surface area contributed by atoms with Crippen LogP contribution in [0.1, 0.15) is 10.5 Å². The second-order valence-corrected chi connectivity index (χ2v) is 4.35. The SMILES string of the molecule is NC(=O)OC(=O)c1cc(Oc2ccc([N+](=O)[O-])c([N+](=O)[O-])c2)ccn1. The summed E-state index contributed by atoms with van der Waals surface area (Å²) in [5, 5.41) is 21.7. The molecule has 0 atom stereocenters. The van der Waals surface area contributed by atoms with Crippen molar-refractivity contribution in [1.29, 1.82) is 0 Å². The number of nitrogens with zero attached hydrogens (tertiary/aromatic N) is 3. The van der Waals surface area contributed by atoms with Gasteiger partial charge in [0.05, 0.1) is 15.9 Å². The first-order valence-electron chi connectivity index (χ1n) is 6.36. The molecule has 0 spiro atoms. The van der Waals surface area contributed by atoms with Crippen LogP contribution in [0.5, 0.6) is 11.5 Å². The summed E-state index contributed by atoms with van der Waals surface area (Å²) in [4.78, 5) is 45.6. The summed E-state index contributed by atoms with van der Waals surface area (Å²) in [6.45, 7) is 0. The summed E-state index contributed by atoms with van der Waals surface area (Å²) >= 11 is 0. The molecule has 1 amide bonds. The standard InChI is InChI=1S/C13H8N4O8/c14-13(19)25-12(18)9-5-8(3-4-15-9)24-7-1-2-10(16(20)21)11(6-7)17(22)23/h1-6H,(H2,14,19). The van der Waals surface area contributed by atoms with Crippen molar-refractivity contribution in [2.24, 2.45) is 5.73 Å². The molecule has 128 valence electrons. The Bertz CT molecular complexity index is 882. The van der Waals surface area contributed by atoms with E-state index in [0.29, 0.717) is 0 Å². The van der Waals surface area contributed by atoms with Crippen LogP contribution in [0.15, 0.2) is 36.5 Å².